The number of amides is 1. The fourth-order valence-electron chi connectivity index (χ4n) is 3.79. The summed E-state index contributed by atoms with van der Waals surface area (Å²) in [5.74, 6) is 1.27. The minimum absolute atomic E-state index is 0.252. The lowest BCUT2D eigenvalue weighted by atomic mass is 9.91. The third-order valence-electron chi connectivity index (χ3n) is 5.25. The number of piperidine rings is 1. The molecule has 0 aliphatic carbocycles. The van der Waals surface area contributed by atoms with E-state index < -0.39 is 0 Å². The number of carbonyl (C=O) groups excluding carboxylic acids is 1. The molecule has 1 saturated heterocycles. The second-order valence-corrected chi connectivity index (χ2v) is 7.29. The summed E-state index contributed by atoms with van der Waals surface area (Å²) in [6, 6.07) is 2.23. The Kier molecular flexibility index (Phi) is 3.92. The van der Waals surface area contributed by atoms with Gasteiger partial charge in [0.15, 0.2) is 0 Å². The zero-order chi connectivity index (χ0) is 15.9. The molecule has 2 aliphatic heterocycles. The molecule has 3 nitrogen and oxygen atoms in total. The van der Waals surface area contributed by atoms with E-state index >= 15 is 0 Å². The van der Waals surface area contributed by atoms with Gasteiger partial charge in [-0.1, -0.05) is 6.07 Å². The van der Waals surface area contributed by atoms with E-state index in [1.165, 1.54) is 28.7 Å². The molecule has 0 N–H and O–H groups in total. The highest BCUT2D eigenvalue weighted by molar-refractivity contribution is 5.77. The highest BCUT2D eigenvalue weighted by atomic mass is 16.5. The lowest BCUT2D eigenvalue weighted by Crippen LogP contribution is -2.42. The highest BCUT2D eigenvalue weighted by Gasteiger charge is 2.39. The normalized spacial score (nSPS) is 24.1. The molecule has 3 rings (SSSR count). The molecule has 1 aromatic carbocycles. The third kappa shape index (κ3) is 2.73. The first kappa shape index (κ1) is 15.4. The van der Waals surface area contributed by atoms with Gasteiger partial charge in [0.2, 0.25) is 5.91 Å². The summed E-state index contributed by atoms with van der Waals surface area (Å²) in [6.45, 7) is 10.3. The molecular weight excluding hydrogens is 274 g/mol. The van der Waals surface area contributed by atoms with Gasteiger partial charge in [-0.2, -0.15) is 0 Å². The van der Waals surface area contributed by atoms with E-state index in [0.717, 1.165) is 38.1 Å². The van der Waals surface area contributed by atoms with Crippen LogP contribution in [0.3, 0.4) is 0 Å². The maximum Gasteiger partial charge on any atom is 0.226 e. The maximum atomic E-state index is 12.6. The summed E-state index contributed by atoms with van der Waals surface area (Å²) in [5.41, 5.74) is 4.67. The van der Waals surface area contributed by atoms with Crippen molar-refractivity contribution in [2.24, 2.45) is 0 Å². The van der Waals surface area contributed by atoms with Crippen molar-refractivity contribution in [3.8, 4) is 5.75 Å². The van der Waals surface area contributed by atoms with Crippen LogP contribution < -0.4 is 4.74 Å². The van der Waals surface area contributed by atoms with Crippen LogP contribution in [0, 0.1) is 20.8 Å². The minimum atomic E-state index is -0.389. The second kappa shape index (κ2) is 5.60. The van der Waals surface area contributed by atoms with E-state index in [9.17, 15) is 4.79 Å². The molecule has 0 saturated carbocycles. The SMILES string of the molecule is Cc1cc(C)c2c(c1C)OC(C)(CC(=O)N1CCCCC1)C2. The number of carbonyl (C=O) groups is 1. The van der Waals surface area contributed by atoms with Gasteiger partial charge in [-0.25, -0.2) is 0 Å². The quantitative estimate of drug-likeness (QED) is 0.833. The molecule has 2 aliphatic rings. The molecule has 0 spiro atoms. The van der Waals surface area contributed by atoms with Crippen LogP contribution in [-0.4, -0.2) is 29.5 Å². The van der Waals surface area contributed by atoms with Crippen molar-refractivity contribution in [3.63, 3.8) is 0 Å². The number of nitrogens with zero attached hydrogens (tertiary/aromatic N) is 1. The van der Waals surface area contributed by atoms with Crippen molar-refractivity contribution in [2.75, 3.05) is 13.1 Å². The van der Waals surface area contributed by atoms with Crippen molar-refractivity contribution < 1.29 is 9.53 Å². The molecular formula is C19H27NO2. The molecule has 1 fully saturated rings. The Morgan fingerprint density at radius 1 is 1.18 bits per heavy atom. The first-order chi connectivity index (χ1) is 10.4. The molecule has 1 amide bonds. The van der Waals surface area contributed by atoms with Crippen LogP contribution in [0.2, 0.25) is 0 Å². The summed E-state index contributed by atoms with van der Waals surface area (Å²) in [6.07, 6.45) is 4.86. The molecule has 0 radical (unpaired) electrons. The number of fused-ring (bicyclic) bond motifs is 1. The fraction of sp³-hybridized carbons (Fsp3) is 0.632. The van der Waals surface area contributed by atoms with Gasteiger partial charge in [0.05, 0.1) is 6.42 Å². The van der Waals surface area contributed by atoms with E-state index in [2.05, 4.69) is 33.8 Å². The van der Waals surface area contributed by atoms with E-state index in [1.54, 1.807) is 0 Å². The van der Waals surface area contributed by atoms with Crippen molar-refractivity contribution in [3.05, 3.63) is 28.3 Å². The van der Waals surface area contributed by atoms with Gasteiger partial charge >= 0.3 is 0 Å². The van der Waals surface area contributed by atoms with Crippen LogP contribution in [0.15, 0.2) is 6.07 Å². The van der Waals surface area contributed by atoms with Crippen LogP contribution in [0.5, 0.6) is 5.75 Å². The van der Waals surface area contributed by atoms with E-state index in [1.807, 2.05) is 4.90 Å². The van der Waals surface area contributed by atoms with Crippen LogP contribution in [0.25, 0.3) is 0 Å². The molecule has 22 heavy (non-hydrogen) atoms. The molecule has 2 heterocycles. The summed E-state index contributed by atoms with van der Waals surface area (Å²) in [4.78, 5) is 14.6. The topological polar surface area (TPSA) is 29.5 Å². The monoisotopic (exact) mass is 301 g/mol. The van der Waals surface area contributed by atoms with Crippen LogP contribution >= 0.6 is 0 Å². The number of aryl methyl sites for hydroxylation is 2. The molecule has 0 bridgehead atoms. The zero-order valence-electron chi connectivity index (χ0n) is 14.3. The highest BCUT2D eigenvalue weighted by Crippen LogP contribution is 2.42. The average molecular weight is 301 g/mol. The van der Waals surface area contributed by atoms with Crippen molar-refractivity contribution in [1.82, 2.24) is 4.90 Å². The number of ether oxygens (including phenoxy) is 1. The number of benzene rings is 1. The number of hydrogen-bond acceptors (Lipinski definition) is 2. The minimum Gasteiger partial charge on any atom is -0.486 e. The molecule has 1 unspecified atom stereocenters. The van der Waals surface area contributed by atoms with Crippen molar-refractivity contribution >= 4 is 5.91 Å². The average Bonchev–Trinajstić information content (AvgIpc) is 2.84. The first-order valence-corrected chi connectivity index (χ1v) is 8.46. The van der Waals surface area contributed by atoms with Crippen molar-refractivity contribution in [1.29, 1.82) is 0 Å². The number of hydrogen-bond donors (Lipinski definition) is 0. The summed E-state index contributed by atoms with van der Waals surface area (Å²) in [7, 11) is 0. The Bertz CT molecular complexity index is 602. The predicted octanol–water partition coefficient (Wildman–Crippen LogP) is 3.71. The Balaban J connectivity index is 1.77. The van der Waals surface area contributed by atoms with E-state index in [4.69, 9.17) is 4.74 Å². The Hall–Kier alpha value is -1.51. The van der Waals surface area contributed by atoms with Gasteiger partial charge in [-0.3, -0.25) is 4.79 Å². The van der Waals surface area contributed by atoms with Crippen molar-refractivity contribution in [2.45, 2.75) is 65.4 Å². The Labute approximate surface area is 133 Å². The zero-order valence-corrected chi connectivity index (χ0v) is 14.3. The largest absolute Gasteiger partial charge is 0.486 e. The predicted molar refractivity (Wildman–Crippen MR) is 88.4 cm³/mol. The summed E-state index contributed by atoms with van der Waals surface area (Å²) in [5, 5.41) is 0. The Morgan fingerprint density at radius 2 is 1.86 bits per heavy atom. The maximum absolute atomic E-state index is 12.6. The van der Waals surface area contributed by atoms with Gasteiger partial charge in [0.1, 0.15) is 11.4 Å². The fourth-order valence-corrected chi connectivity index (χ4v) is 3.79. The van der Waals surface area contributed by atoms with Crippen LogP contribution in [-0.2, 0) is 11.2 Å². The Morgan fingerprint density at radius 3 is 2.55 bits per heavy atom. The second-order valence-electron chi connectivity index (χ2n) is 7.29. The van der Waals surface area contributed by atoms with E-state index in [-0.39, 0.29) is 11.5 Å². The van der Waals surface area contributed by atoms with Gasteiger partial charge in [0, 0.05) is 25.1 Å². The standard InChI is InChI=1S/C19H27NO2/c1-13-10-14(2)16-11-19(4,22-18(16)15(13)3)12-17(21)20-8-6-5-7-9-20/h10H,5-9,11-12H2,1-4H3. The third-order valence-corrected chi connectivity index (χ3v) is 5.25. The van der Waals surface area contributed by atoms with Gasteiger partial charge in [0.25, 0.3) is 0 Å². The molecule has 0 aromatic heterocycles. The van der Waals surface area contributed by atoms with Gasteiger partial charge in [-0.15, -0.1) is 0 Å². The lowest BCUT2D eigenvalue weighted by molar-refractivity contribution is -0.135. The summed E-state index contributed by atoms with van der Waals surface area (Å²) >= 11 is 0. The van der Waals surface area contributed by atoms with E-state index in [0.29, 0.717) is 6.42 Å². The molecule has 120 valence electrons. The smallest absolute Gasteiger partial charge is 0.226 e. The molecule has 1 aromatic rings. The molecule has 1 atom stereocenters. The van der Waals surface area contributed by atoms with Crippen LogP contribution in [0.4, 0.5) is 0 Å². The molecule has 3 heteroatoms. The first-order valence-electron chi connectivity index (χ1n) is 8.46. The lowest BCUT2D eigenvalue weighted by Gasteiger charge is -2.31. The van der Waals surface area contributed by atoms with Crippen LogP contribution in [0.1, 0.15) is 54.9 Å². The number of rotatable bonds is 2. The van der Waals surface area contributed by atoms with Gasteiger partial charge in [-0.05, 0) is 63.6 Å². The van der Waals surface area contributed by atoms with Gasteiger partial charge < -0.3 is 9.64 Å². The number of likely N-dealkylation sites (tertiary alicyclic amines) is 1. The summed E-state index contributed by atoms with van der Waals surface area (Å²) < 4.78 is 6.30.